The summed E-state index contributed by atoms with van der Waals surface area (Å²) in [6.07, 6.45) is 13.4. The van der Waals surface area contributed by atoms with Crippen molar-refractivity contribution >= 4 is 8.32 Å². The lowest BCUT2D eigenvalue weighted by molar-refractivity contribution is -0.248. The molecule has 5 aliphatic carbocycles. The molecule has 10 atom stereocenters. The smallest absolute Gasteiger partial charge is 0.192 e. The molecule has 1 unspecified atom stereocenters. The van der Waals surface area contributed by atoms with Crippen LogP contribution in [-0.2, 0) is 4.43 Å². The molecule has 0 heterocycles. The molecule has 5 rings (SSSR count). The van der Waals surface area contributed by atoms with Crippen molar-refractivity contribution < 1.29 is 9.53 Å². The molecule has 2 nitrogen and oxygen atoms in total. The van der Waals surface area contributed by atoms with E-state index in [-0.39, 0.29) is 15.9 Å². The lowest BCUT2D eigenvalue weighted by atomic mass is 9.32. The van der Waals surface area contributed by atoms with Crippen LogP contribution in [0.1, 0.15) is 127 Å². The highest BCUT2D eigenvalue weighted by molar-refractivity contribution is 6.74. The minimum absolute atomic E-state index is 0.152. The standard InChI is InChI=1S/C36H64O2Si/c1-24(2)25-15-20-36(23-37)22-21-34(9)26(30(25)36)13-14-28-33(8)18-17-29(38-39(11,12)31(3,4)5)32(6,7)27(33)16-19-35(28,34)10/h25-30,37H,1,13-23H2,2-12H3/t25-,26+,27-,28?,29-,30+,33-,34+,35+,36+/m0/s1. The van der Waals surface area contributed by atoms with E-state index in [4.69, 9.17) is 4.43 Å². The third-order valence-electron chi connectivity index (χ3n) is 15.7. The minimum atomic E-state index is -1.81. The fourth-order valence-corrected chi connectivity index (χ4v) is 13.8. The van der Waals surface area contributed by atoms with Crippen LogP contribution < -0.4 is 0 Å². The predicted octanol–water partition coefficient (Wildman–Crippen LogP) is 10.0. The van der Waals surface area contributed by atoms with Gasteiger partial charge in [0, 0.05) is 6.61 Å². The molecule has 224 valence electrons. The van der Waals surface area contributed by atoms with Gasteiger partial charge in [-0.15, -0.1) is 0 Å². The molecule has 0 aromatic rings. The quantitative estimate of drug-likeness (QED) is 0.276. The maximum absolute atomic E-state index is 10.8. The summed E-state index contributed by atoms with van der Waals surface area (Å²) < 4.78 is 7.23. The van der Waals surface area contributed by atoms with Crippen molar-refractivity contribution in [2.24, 2.45) is 56.7 Å². The van der Waals surface area contributed by atoms with E-state index in [0.717, 1.165) is 17.8 Å². The first kappa shape index (κ1) is 30.3. The first-order valence-electron chi connectivity index (χ1n) is 16.7. The predicted molar refractivity (Wildman–Crippen MR) is 168 cm³/mol. The number of hydrogen-bond acceptors (Lipinski definition) is 2. The van der Waals surface area contributed by atoms with Gasteiger partial charge in [0.15, 0.2) is 8.32 Å². The first-order chi connectivity index (χ1) is 17.8. The van der Waals surface area contributed by atoms with Crippen LogP contribution in [-0.4, -0.2) is 26.1 Å². The van der Waals surface area contributed by atoms with Gasteiger partial charge < -0.3 is 9.53 Å². The van der Waals surface area contributed by atoms with Crippen LogP contribution in [0.2, 0.25) is 18.1 Å². The van der Waals surface area contributed by atoms with E-state index < -0.39 is 8.32 Å². The lowest BCUT2D eigenvalue weighted by Gasteiger charge is -2.73. The third-order valence-corrected chi connectivity index (χ3v) is 20.2. The Morgan fingerprint density at radius 3 is 2.10 bits per heavy atom. The van der Waals surface area contributed by atoms with Gasteiger partial charge in [0.05, 0.1) is 6.10 Å². The molecular formula is C36H64O2Si. The summed E-state index contributed by atoms with van der Waals surface area (Å²) in [6.45, 7) is 32.6. The van der Waals surface area contributed by atoms with E-state index in [1.54, 1.807) is 0 Å². The molecule has 0 aliphatic heterocycles. The first-order valence-corrected chi connectivity index (χ1v) is 19.7. The zero-order valence-electron chi connectivity index (χ0n) is 27.8. The van der Waals surface area contributed by atoms with Crippen molar-refractivity contribution in [2.45, 2.75) is 151 Å². The monoisotopic (exact) mass is 556 g/mol. The van der Waals surface area contributed by atoms with E-state index in [2.05, 4.69) is 82.0 Å². The number of allylic oxidation sites excluding steroid dienone is 1. The Kier molecular flexibility index (Phi) is 7.15. The molecule has 0 aromatic heterocycles. The Hall–Kier alpha value is -0.123. The van der Waals surface area contributed by atoms with E-state index in [1.807, 2.05) is 0 Å². The van der Waals surface area contributed by atoms with Crippen LogP contribution in [0.4, 0.5) is 0 Å². The van der Waals surface area contributed by atoms with Gasteiger partial charge >= 0.3 is 0 Å². The van der Waals surface area contributed by atoms with Crippen LogP contribution in [0, 0.1) is 56.7 Å². The highest BCUT2D eigenvalue weighted by Crippen LogP contribution is 2.77. The van der Waals surface area contributed by atoms with Crippen LogP contribution >= 0.6 is 0 Å². The van der Waals surface area contributed by atoms with Gasteiger partial charge in [0.25, 0.3) is 0 Å². The van der Waals surface area contributed by atoms with Crippen molar-refractivity contribution in [3.63, 3.8) is 0 Å². The molecule has 1 N–H and O–H groups in total. The second-order valence-corrected chi connectivity index (χ2v) is 23.2. The summed E-state index contributed by atoms with van der Waals surface area (Å²) in [7, 11) is -1.81. The zero-order chi connectivity index (χ0) is 29.0. The van der Waals surface area contributed by atoms with Gasteiger partial charge in [-0.2, -0.15) is 0 Å². The van der Waals surface area contributed by atoms with E-state index >= 15 is 0 Å². The van der Waals surface area contributed by atoms with Crippen LogP contribution in [0.25, 0.3) is 0 Å². The van der Waals surface area contributed by atoms with E-state index in [1.165, 1.54) is 69.8 Å². The highest BCUT2D eigenvalue weighted by atomic mass is 28.4. The molecule has 5 aliphatic rings. The summed E-state index contributed by atoms with van der Waals surface area (Å²) in [5, 5.41) is 11.1. The SMILES string of the molecule is C=C(C)[C@@H]1CC[C@]2(CO)CC[C@]3(C)[C@H](CCC4[C@@]5(C)CC[C@H](O[Si](C)(C)C(C)(C)C)C(C)(C)[C@@H]5CC[C@]43C)[C@@H]12. The number of fused-ring (bicyclic) bond motifs is 7. The Morgan fingerprint density at radius 2 is 1.51 bits per heavy atom. The van der Waals surface area contributed by atoms with E-state index in [0.29, 0.717) is 40.8 Å². The summed E-state index contributed by atoms with van der Waals surface area (Å²) in [4.78, 5) is 0. The summed E-state index contributed by atoms with van der Waals surface area (Å²) in [5.41, 5.74) is 2.89. The number of aliphatic hydroxyl groups is 1. The Bertz CT molecular complexity index is 977. The van der Waals surface area contributed by atoms with Gasteiger partial charge in [0.1, 0.15) is 0 Å². The van der Waals surface area contributed by atoms with Gasteiger partial charge in [-0.1, -0.05) is 67.5 Å². The van der Waals surface area contributed by atoms with Crippen molar-refractivity contribution in [3.05, 3.63) is 12.2 Å². The van der Waals surface area contributed by atoms with E-state index in [9.17, 15) is 5.11 Å². The van der Waals surface area contributed by atoms with Gasteiger partial charge in [0.2, 0.25) is 0 Å². The van der Waals surface area contributed by atoms with Crippen LogP contribution in [0.5, 0.6) is 0 Å². The molecule has 0 amide bonds. The molecule has 0 radical (unpaired) electrons. The average Bonchev–Trinajstić information content (AvgIpc) is 3.21. The van der Waals surface area contributed by atoms with Crippen molar-refractivity contribution in [1.82, 2.24) is 0 Å². The maximum Gasteiger partial charge on any atom is 0.192 e. The maximum atomic E-state index is 10.8. The van der Waals surface area contributed by atoms with Crippen molar-refractivity contribution in [3.8, 4) is 0 Å². The third kappa shape index (κ3) is 4.04. The molecule has 5 fully saturated rings. The topological polar surface area (TPSA) is 29.5 Å². The van der Waals surface area contributed by atoms with Crippen LogP contribution in [0.3, 0.4) is 0 Å². The fraction of sp³-hybridized carbons (Fsp3) is 0.944. The Morgan fingerprint density at radius 1 is 0.846 bits per heavy atom. The van der Waals surface area contributed by atoms with Crippen LogP contribution in [0.15, 0.2) is 12.2 Å². The second kappa shape index (κ2) is 9.19. The zero-order valence-corrected chi connectivity index (χ0v) is 28.8. The molecule has 5 saturated carbocycles. The Labute approximate surface area is 243 Å². The number of rotatable bonds is 4. The summed E-state index contributed by atoms with van der Waals surface area (Å²) in [5.74, 6) is 3.50. The lowest BCUT2D eigenvalue weighted by Crippen LogP contribution is -2.67. The molecule has 39 heavy (non-hydrogen) atoms. The van der Waals surface area contributed by atoms with Gasteiger partial charge in [-0.05, 0) is 146 Å². The van der Waals surface area contributed by atoms with Gasteiger partial charge in [-0.25, -0.2) is 0 Å². The molecular weight excluding hydrogens is 492 g/mol. The molecule has 0 saturated heterocycles. The molecule has 3 heteroatoms. The van der Waals surface area contributed by atoms with Crippen molar-refractivity contribution in [2.75, 3.05) is 6.61 Å². The average molecular weight is 557 g/mol. The molecule has 0 bridgehead atoms. The minimum Gasteiger partial charge on any atom is -0.413 e. The molecule has 0 spiro atoms. The highest BCUT2D eigenvalue weighted by Gasteiger charge is 2.71. The largest absolute Gasteiger partial charge is 0.413 e. The van der Waals surface area contributed by atoms with Crippen molar-refractivity contribution in [1.29, 1.82) is 0 Å². The Balaban J connectivity index is 1.46. The summed E-state index contributed by atoms with van der Waals surface area (Å²) in [6, 6.07) is 0. The normalized spacial score (nSPS) is 49.4. The molecule has 0 aromatic carbocycles. The summed E-state index contributed by atoms with van der Waals surface area (Å²) >= 11 is 0. The van der Waals surface area contributed by atoms with Gasteiger partial charge in [-0.3, -0.25) is 0 Å². The number of aliphatic hydroxyl groups excluding tert-OH is 1. The number of hydrogen-bond donors (Lipinski definition) is 1. The fourth-order valence-electron chi connectivity index (χ4n) is 12.3. The second-order valence-electron chi connectivity index (χ2n) is 18.4.